The maximum atomic E-state index is 12.3. The highest BCUT2D eigenvalue weighted by Crippen LogP contribution is 2.25. The summed E-state index contributed by atoms with van der Waals surface area (Å²) < 4.78 is 6.96. The van der Waals surface area contributed by atoms with Gasteiger partial charge in [0.25, 0.3) is 5.91 Å². The standard InChI is InChI=1S/C18H14N4O3S/c1-10-7-13(21-22(10)2)16(23)20-18-19-14(9-26-18)12-8-11-5-3-4-6-15(11)25-17(12)24/h3-9H,1-2H3,(H,19,20,23). The van der Waals surface area contributed by atoms with Crippen molar-refractivity contribution < 1.29 is 9.21 Å². The van der Waals surface area contributed by atoms with Gasteiger partial charge in [-0.15, -0.1) is 11.3 Å². The molecule has 0 aliphatic carbocycles. The molecule has 0 unspecified atom stereocenters. The van der Waals surface area contributed by atoms with Crippen molar-refractivity contribution in [3.05, 3.63) is 63.6 Å². The van der Waals surface area contributed by atoms with Crippen molar-refractivity contribution in [1.29, 1.82) is 0 Å². The van der Waals surface area contributed by atoms with Gasteiger partial charge >= 0.3 is 5.63 Å². The number of nitrogens with zero attached hydrogens (tertiary/aromatic N) is 3. The third-order valence-electron chi connectivity index (χ3n) is 3.99. The zero-order valence-electron chi connectivity index (χ0n) is 14.0. The second-order valence-corrected chi connectivity index (χ2v) is 6.63. The lowest BCUT2D eigenvalue weighted by atomic mass is 10.1. The first kappa shape index (κ1) is 16.2. The van der Waals surface area contributed by atoms with E-state index in [-0.39, 0.29) is 5.91 Å². The Morgan fingerprint density at radius 2 is 2.08 bits per heavy atom. The quantitative estimate of drug-likeness (QED) is 0.562. The maximum Gasteiger partial charge on any atom is 0.345 e. The highest BCUT2D eigenvalue weighted by Gasteiger charge is 2.15. The molecule has 26 heavy (non-hydrogen) atoms. The van der Waals surface area contributed by atoms with Gasteiger partial charge in [0, 0.05) is 23.5 Å². The number of carbonyl (C=O) groups excluding carboxylic acids is 1. The van der Waals surface area contributed by atoms with E-state index in [1.807, 2.05) is 19.1 Å². The molecule has 0 atom stereocenters. The van der Waals surface area contributed by atoms with Gasteiger partial charge in [-0.25, -0.2) is 9.78 Å². The first-order chi connectivity index (χ1) is 12.5. The van der Waals surface area contributed by atoms with E-state index in [1.54, 1.807) is 41.4 Å². The van der Waals surface area contributed by atoms with E-state index in [0.717, 1.165) is 11.1 Å². The van der Waals surface area contributed by atoms with Crippen LogP contribution in [-0.4, -0.2) is 20.7 Å². The van der Waals surface area contributed by atoms with E-state index < -0.39 is 5.63 Å². The van der Waals surface area contributed by atoms with Gasteiger partial charge in [-0.05, 0) is 25.1 Å². The van der Waals surface area contributed by atoms with Crippen molar-refractivity contribution in [2.75, 3.05) is 5.32 Å². The normalized spacial score (nSPS) is 11.0. The van der Waals surface area contributed by atoms with Crippen molar-refractivity contribution in [2.45, 2.75) is 6.92 Å². The van der Waals surface area contributed by atoms with E-state index in [2.05, 4.69) is 15.4 Å². The zero-order chi connectivity index (χ0) is 18.3. The summed E-state index contributed by atoms with van der Waals surface area (Å²) >= 11 is 1.23. The van der Waals surface area contributed by atoms with Crippen LogP contribution in [0, 0.1) is 6.92 Å². The molecule has 3 heterocycles. The van der Waals surface area contributed by atoms with Crippen LogP contribution in [0.25, 0.3) is 22.2 Å². The molecule has 0 aliphatic heterocycles. The van der Waals surface area contributed by atoms with E-state index in [4.69, 9.17) is 4.42 Å². The van der Waals surface area contributed by atoms with Gasteiger partial charge in [0.15, 0.2) is 10.8 Å². The lowest BCUT2D eigenvalue weighted by Gasteiger charge is -1.99. The summed E-state index contributed by atoms with van der Waals surface area (Å²) in [4.78, 5) is 28.8. The van der Waals surface area contributed by atoms with Crippen LogP contribution in [0.15, 0.2) is 51.0 Å². The molecule has 1 amide bonds. The Morgan fingerprint density at radius 3 is 2.85 bits per heavy atom. The number of nitrogens with one attached hydrogen (secondary N) is 1. The first-order valence-electron chi connectivity index (χ1n) is 7.82. The number of para-hydroxylation sites is 1. The largest absolute Gasteiger partial charge is 0.422 e. The summed E-state index contributed by atoms with van der Waals surface area (Å²) in [7, 11) is 1.77. The number of benzene rings is 1. The van der Waals surface area contributed by atoms with Crippen LogP contribution < -0.4 is 10.9 Å². The monoisotopic (exact) mass is 366 g/mol. The molecule has 1 aromatic carbocycles. The smallest absolute Gasteiger partial charge is 0.345 e. The molecule has 8 heteroatoms. The maximum absolute atomic E-state index is 12.3. The number of anilines is 1. The van der Waals surface area contributed by atoms with Crippen molar-refractivity contribution in [1.82, 2.24) is 14.8 Å². The molecule has 0 spiro atoms. The summed E-state index contributed by atoms with van der Waals surface area (Å²) in [6.45, 7) is 1.87. The van der Waals surface area contributed by atoms with Gasteiger partial charge in [-0.2, -0.15) is 5.10 Å². The summed E-state index contributed by atoms with van der Waals surface area (Å²) in [6.07, 6.45) is 0. The molecule has 130 valence electrons. The van der Waals surface area contributed by atoms with Gasteiger partial charge < -0.3 is 4.42 Å². The van der Waals surface area contributed by atoms with Crippen LogP contribution in [0.3, 0.4) is 0 Å². The molecule has 3 aromatic heterocycles. The van der Waals surface area contributed by atoms with E-state index in [9.17, 15) is 9.59 Å². The minimum Gasteiger partial charge on any atom is -0.422 e. The molecule has 4 aromatic rings. The predicted octanol–water partition coefficient (Wildman–Crippen LogP) is 3.21. The number of hydrogen-bond donors (Lipinski definition) is 1. The van der Waals surface area contributed by atoms with Crippen molar-refractivity contribution in [3.8, 4) is 11.3 Å². The number of carbonyl (C=O) groups is 1. The molecule has 0 bridgehead atoms. The molecule has 0 saturated carbocycles. The lowest BCUT2D eigenvalue weighted by molar-refractivity contribution is 0.102. The van der Waals surface area contributed by atoms with Crippen molar-refractivity contribution in [2.24, 2.45) is 7.05 Å². The Kier molecular flexibility index (Phi) is 3.89. The number of aromatic nitrogens is 3. The SMILES string of the molecule is Cc1cc(C(=O)Nc2nc(-c3cc4ccccc4oc3=O)cs2)nn1C. The Labute approximate surface area is 151 Å². The summed E-state index contributed by atoms with van der Waals surface area (Å²) in [5.41, 5.74) is 2.06. The Hall–Kier alpha value is -3.26. The van der Waals surface area contributed by atoms with Crippen molar-refractivity contribution in [3.63, 3.8) is 0 Å². The summed E-state index contributed by atoms with van der Waals surface area (Å²) in [5, 5.41) is 9.75. The van der Waals surface area contributed by atoms with Crippen LogP contribution in [-0.2, 0) is 7.05 Å². The average Bonchev–Trinajstić information content (AvgIpc) is 3.21. The molecule has 0 saturated heterocycles. The fourth-order valence-corrected chi connectivity index (χ4v) is 3.23. The molecule has 0 aliphatic rings. The highest BCUT2D eigenvalue weighted by molar-refractivity contribution is 7.14. The summed E-state index contributed by atoms with van der Waals surface area (Å²) in [5.74, 6) is -0.347. The van der Waals surface area contributed by atoms with Crippen molar-refractivity contribution >= 4 is 33.3 Å². The number of hydrogen-bond acceptors (Lipinski definition) is 6. The lowest BCUT2D eigenvalue weighted by Crippen LogP contribution is -2.13. The van der Waals surface area contributed by atoms with Crippen LogP contribution in [0.5, 0.6) is 0 Å². The molecule has 0 fully saturated rings. The predicted molar refractivity (Wildman–Crippen MR) is 99.5 cm³/mol. The Morgan fingerprint density at radius 1 is 1.27 bits per heavy atom. The number of aryl methyl sites for hydroxylation is 2. The molecule has 0 radical (unpaired) electrons. The number of fused-ring (bicyclic) bond motifs is 1. The van der Waals surface area contributed by atoms with E-state index in [0.29, 0.717) is 27.7 Å². The van der Waals surface area contributed by atoms with Gasteiger partial charge in [0.05, 0.1) is 11.3 Å². The van der Waals surface area contributed by atoms with Crippen LogP contribution in [0.2, 0.25) is 0 Å². The third kappa shape index (κ3) is 2.91. The second-order valence-electron chi connectivity index (χ2n) is 5.77. The number of thiazole rings is 1. The second kappa shape index (κ2) is 6.23. The molecule has 7 nitrogen and oxygen atoms in total. The number of amides is 1. The first-order valence-corrected chi connectivity index (χ1v) is 8.70. The zero-order valence-corrected chi connectivity index (χ0v) is 14.8. The minimum absolute atomic E-state index is 0.312. The average molecular weight is 366 g/mol. The van der Waals surface area contributed by atoms with Gasteiger partial charge in [-0.3, -0.25) is 14.8 Å². The van der Waals surface area contributed by atoms with Crippen LogP contribution in [0.4, 0.5) is 5.13 Å². The topological polar surface area (TPSA) is 90.0 Å². The number of rotatable bonds is 3. The van der Waals surface area contributed by atoms with Gasteiger partial charge in [0.1, 0.15) is 5.58 Å². The third-order valence-corrected chi connectivity index (χ3v) is 4.75. The van der Waals surface area contributed by atoms with Gasteiger partial charge in [0.2, 0.25) is 0 Å². The Balaban J connectivity index is 1.63. The van der Waals surface area contributed by atoms with E-state index >= 15 is 0 Å². The van der Waals surface area contributed by atoms with Crippen LogP contribution >= 0.6 is 11.3 Å². The Bertz CT molecular complexity index is 1170. The minimum atomic E-state index is -0.466. The molecule has 4 rings (SSSR count). The summed E-state index contributed by atoms with van der Waals surface area (Å²) in [6, 6.07) is 10.7. The molecular weight excluding hydrogens is 352 g/mol. The van der Waals surface area contributed by atoms with E-state index in [1.165, 1.54) is 11.3 Å². The van der Waals surface area contributed by atoms with Gasteiger partial charge in [-0.1, -0.05) is 18.2 Å². The fraction of sp³-hybridized carbons (Fsp3) is 0.111. The molecule has 1 N–H and O–H groups in total. The fourth-order valence-electron chi connectivity index (χ4n) is 2.53. The van der Waals surface area contributed by atoms with Crippen LogP contribution in [0.1, 0.15) is 16.2 Å². The highest BCUT2D eigenvalue weighted by atomic mass is 32.1. The molecular formula is C18H14N4O3S.